The largest absolute Gasteiger partial charge is 2.00 e. The Hall–Kier alpha value is -6.93. The van der Waals surface area contributed by atoms with Crippen LogP contribution in [-0.2, 0) is 38.3 Å². The average Bonchev–Trinajstić information content (AvgIpc) is 3.97. The van der Waals surface area contributed by atoms with Crippen molar-refractivity contribution in [2.24, 2.45) is 0 Å². The van der Waals surface area contributed by atoms with Gasteiger partial charge in [-0.25, -0.2) is 19.4 Å². The number of rotatable bonds is 11. The molecule has 334 valence electrons. The Balaban J connectivity index is 0.000000270. The van der Waals surface area contributed by atoms with Crippen molar-refractivity contribution < 1.29 is 75.5 Å². The number of nitrogens with zero attached hydrogens (tertiary/aromatic N) is 8. The number of halogens is 6. The van der Waals surface area contributed by atoms with E-state index >= 15 is 0 Å². The van der Waals surface area contributed by atoms with Gasteiger partial charge in [-0.05, 0) is 103 Å². The first-order valence-corrected chi connectivity index (χ1v) is 19.4. The molecule has 0 aliphatic carbocycles. The summed E-state index contributed by atoms with van der Waals surface area (Å²) in [5, 5.41) is 43.5. The number of isothiocyanates is 1. The van der Waals surface area contributed by atoms with Crippen LogP contribution in [0.4, 0.5) is 26.3 Å². The van der Waals surface area contributed by atoms with Crippen LogP contribution in [0.2, 0.25) is 0 Å². The van der Waals surface area contributed by atoms with E-state index in [-0.39, 0.29) is 76.7 Å². The molecule has 0 aliphatic rings. The number of carbonyl (C=O) groups is 3. The van der Waals surface area contributed by atoms with Gasteiger partial charge in [-0.1, -0.05) is 25.6 Å². The summed E-state index contributed by atoms with van der Waals surface area (Å²) < 4.78 is 78.8. The quantitative estimate of drug-likeness (QED) is 0.0474. The third-order valence-electron chi connectivity index (χ3n) is 8.62. The third-order valence-corrected chi connectivity index (χ3v) is 9.82. The summed E-state index contributed by atoms with van der Waals surface area (Å²) in [7, 11) is 0. The van der Waals surface area contributed by atoms with Crippen LogP contribution >= 0.6 is 23.6 Å². The number of aromatic carboxylic acids is 3. The van der Waals surface area contributed by atoms with E-state index in [0.717, 1.165) is 29.7 Å². The standard InChI is InChI=1S/C23H17F6N4S.C18H11N3O6.CNS.Ru/c1-2-3-4-17-6-8-19(34-17)13-5-7-18(30-12-13)21-31-20(32-33-21)14-9-15(22(24,25)26)11-16(10-14)23(27,28)29;22-16(23)9-1-3-19-12(5-9)14-7-11(18(26)27)8-15(21-14)13-6-10(17(24)25)2-4-20-13;2-1-3;/h5-12H,2-4H2,1H3;1-8H,(H,22,23)(H,24,25)(H,26,27);;/q-1;;-1;+2. The van der Waals surface area contributed by atoms with Crippen molar-refractivity contribution in [1.82, 2.24) is 35.1 Å². The number of alkyl halides is 6. The van der Waals surface area contributed by atoms with Gasteiger partial charge in [0.05, 0.1) is 62.1 Å². The van der Waals surface area contributed by atoms with Crippen LogP contribution in [0.15, 0.2) is 97.5 Å². The van der Waals surface area contributed by atoms with E-state index in [9.17, 15) is 45.8 Å². The van der Waals surface area contributed by atoms with Crippen molar-refractivity contribution in [2.75, 3.05) is 0 Å². The van der Waals surface area contributed by atoms with Crippen molar-refractivity contribution in [3.05, 3.63) is 136 Å². The van der Waals surface area contributed by atoms with Gasteiger partial charge >= 0.3 is 49.7 Å². The molecule has 0 unspecified atom stereocenters. The second-order valence-corrected chi connectivity index (χ2v) is 14.4. The monoisotopic (exact) mass is 1020 g/mol. The Kier molecular flexibility index (Phi) is 17.3. The minimum atomic E-state index is -4.96. The van der Waals surface area contributed by atoms with Crippen LogP contribution < -0.4 is 5.10 Å². The van der Waals surface area contributed by atoms with Gasteiger partial charge in [-0.2, -0.15) is 31.5 Å². The predicted molar refractivity (Wildman–Crippen MR) is 223 cm³/mol. The summed E-state index contributed by atoms with van der Waals surface area (Å²) >= 11 is 5.37. The molecule has 0 atom stereocenters. The van der Waals surface area contributed by atoms with E-state index in [1.165, 1.54) is 58.8 Å². The second-order valence-electron chi connectivity index (χ2n) is 13.0. The molecule has 0 saturated heterocycles. The molecule has 65 heavy (non-hydrogen) atoms. The van der Waals surface area contributed by atoms with E-state index in [1.807, 2.05) is 6.07 Å². The molecule has 0 saturated carbocycles. The first-order valence-electron chi connectivity index (χ1n) is 18.2. The number of unbranched alkanes of at least 4 members (excludes halogenated alkanes) is 1. The van der Waals surface area contributed by atoms with Crippen LogP contribution in [0.5, 0.6) is 0 Å². The predicted octanol–water partition coefficient (Wildman–Crippen LogP) is 10.2. The third kappa shape index (κ3) is 13.5. The molecule has 14 nitrogen and oxygen atoms in total. The molecule has 0 amide bonds. The van der Waals surface area contributed by atoms with Crippen LogP contribution in [0, 0.1) is 0 Å². The molecule has 6 heterocycles. The Morgan fingerprint density at radius 3 is 1.68 bits per heavy atom. The van der Waals surface area contributed by atoms with Crippen LogP contribution in [0.1, 0.15) is 66.8 Å². The normalized spacial score (nSPS) is 10.9. The summed E-state index contributed by atoms with van der Waals surface area (Å²) in [4.78, 5) is 56.7. The van der Waals surface area contributed by atoms with Crippen molar-refractivity contribution in [2.45, 2.75) is 38.5 Å². The molecule has 0 spiro atoms. The minimum Gasteiger partial charge on any atom is -0.753 e. The molecule has 0 radical (unpaired) electrons. The number of aryl methyl sites for hydroxylation is 1. The average molecular weight is 1020 g/mol. The Morgan fingerprint density at radius 1 is 0.692 bits per heavy atom. The van der Waals surface area contributed by atoms with Gasteiger partial charge < -0.3 is 30.8 Å². The van der Waals surface area contributed by atoms with E-state index in [4.69, 9.17) is 15.6 Å². The molecule has 1 aromatic carbocycles. The van der Waals surface area contributed by atoms with Crippen LogP contribution in [-0.4, -0.2) is 68.4 Å². The maximum atomic E-state index is 13.1. The van der Waals surface area contributed by atoms with E-state index in [0.29, 0.717) is 17.8 Å². The molecule has 6 aromatic heterocycles. The zero-order valence-electron chi connectivity index (χ0n) is 32.9. The number of pyridine rings is 4. The number of carboxylic acid groups (broad SMARTS) is 3. The fourth-order valence-corrected chi connectivity index (χ4v) is 6.61. The van der Waals surface area contributed by atoms with Crippen LogP contribution in [0.3, 0.4) is 0 Å². The second kappa shape index (κ2) is 22.1. The molecule has 7 rings (SSSR count). The summed E-state index contributed by atoms with van der Waals surface area (Å²) in [6.07, 6.45) is -2.54. The van der Waals surface area contributed by atoms with Gasteiger partial charge in [0.15, 0.2) is 0 Å². The number of hydrogen-bond acceptors (Lipinski definition) is 11. The van der Waals surface area contributed by atoms with Gasteiger partial charge in [0.2, 0.25) is 0 Å². The van der Waals surface area contributed by atoms with Gasteiger partial charge in [0, 0.05) is 33.9 Å². The molecule has 3 N–H and O–H groups in total. The molecule has 0 fully saturated rings. The SMILES string of the molecule is CCCCc1ccc(-c2ccc(-c3nc(-c4cc(C(F)(F)F)cc(C(F)(F)F)c4)n[n-]3)nc2)s1.O=C(O)c1ccnc(-c2cc(C(=O)O)cc(-c3cc(C(=O)O)ccn3)n2)c1.[N-]=C=S.[Ru+2]. The zero-order valence-corrected chi connectivity index (χ0v) is 36.3. The number of benzene rings is 1. The molecular weight excluding hydrogens is 992 g/mol. The maximum Gasteiger partial charge on any atom is 2.00 e. The molecule has 7 aromatic rings. The van der Waals surface area contributed by atoms with Gasteiger partial charge in [-0.15, -0.1) is 11.3 Å². The minimum absolute atomic E-state index is 0. The summed E-state index contributed by atoms with van der Waals surface area (Å²) in [6, 6.07) is 16.3. The van der Waals surface area contributed by atoms with Crippen molar-refractivity contribution >= 4 is 46.6 Å². The molecule has 23 heteroatoms. The summed E-state index contributed by atoms with van der Waals surface area (Å²) in [5.74, 6) is -3.91. The Morgan fingerprint density at radius 2 is 1.22 bits per heavy atom. The van der Waals surface area contributed by atoms with Gasteiger partial charge in [-0.3, -0.25) is 20.1 Å². The number of aromatic nitrogens is 7. The van der Waals surface area contributed by atoms with E-state index < -0.39 is 47.0 Å². The summed E-state index contributed by atoms with van der Waals surface area (Å²) in [6.45, 7) is 2.13. The molecule has 0 bridgehead atoms. The Bertz CT molecular complexity index is 2740. The van der Waals surface area contributed by atoms with Crippen molar-refractivity contribution in [1.29, 1.82) is 0 Å². The smallest absolute Gasteiger partial charge is 0.753 e. The summed E-state index contributed by atoms with van der Waals surface area (Å²) in [5.41, 5.74) is -1.77. The first kappa shape index (κ1) is 50.7. The first-order chi connectivity index (χ1) is 30.3. The molecular formula is C42H28F6N8O6RuS2. The Labute approximate surface area is 385 Å². The number of carboxylic acids is 3. The van der Waals surface area contributed by atoms with E-state index in [2.05, 4.69) is 60.3 Å². The van der Waals surface area contributed by atoms with Gasteiger partial charge in [0.1, 0.15) is 0 Å². The van der Waals surface area contributed by atoms with Crippen LogP contribution in [0.25, 0.3) is 61.5 Å². The number of thiophene rings is 1. The van der Waals surface area contributed by atoms with Crippen molar-refractivity contribution in [3.8, 4) is 56.1 Å². The topological polar surface area (TPSA) is 226 Å². The van der Waals surface area contributed by atoms with E-state index in [1.54, 1.807) is 29.7 Å². The van der Waals surface area contributed by atoms with Gasteiger partial charge in [0.25, 0.3) is 0 Å². The number of thiocarbonyl (C=S) groups is 1. The fourth-order valence-electron chi connectivity index (χ4n) is 5.57. The maximum absolute atomic E-state index is 13.1. The zero-order chi connectivity index (χ0) is 46.8. The van der Waals surface area contributed by atoms with Crippen molar-refractivity contribution in [3.63, 3.8) is 0 Å². The molecule has 0 aliphatic heterocycles. The number of hydrogen-bond donors (Lipinski definition) is 3. The fraction of sp³-hybridized carbons (Fsp3) is 0.143.